The minimum Gasteiger partial charge on any atom is -0.508 e. The molecule has 0 bridgehead atoms. The molecule has 1 aromatic rings. The number of nitrogens with one attached hydrogen (secondary N) is 1. The molecule has 4 nitrogen and oxygen atoms in total. The van der Waals surface area contributed by atoms with Crippen LogP contribution in [0.5, 0.6) is 5.75 Å². The van der Waals surface area contributed by atoms with Crippen LogP contribution in [0.15, 0.2) is 18.2 Å². The van der Waals surface area contributed by atoms with Crippen molar-refractivity contribution in [1.29, 1.82) is 0 Å². The van der Waals surface area contributed by atoms with Crippen LogP contribution in [-0.4, -0.2) is 22.7 Å². The molecule has 0 unspecified atom stereocenters. The van der Waals surface area contributed by atoms with Gasteiger partial charge in [0.25, 0.3) is 0 Å². The maximum absolute atomic E-state index is 10.6. The molecular weight excluding hydrogens is 206 g/mol. The largest absolute Gasteiger partial charge is 0.508 e. The van der Waals surface area contributed by atoms with Gasteiger partial charge in [-0.3, -0.25) is 4.79 Å². The molecule has 4 heteroatoms. The first-order chi connectivity index (χ1) is 7.66. The minimum absolute atomic E-state index is 0.000000000000000222. The summed E-state index contributed by atoms with van der Waals surface area (Å²) in [6.07, 6.45) is 2.08. The number of aliphatic carboxylic acids is 1. The first kappa shape index (κ1) is 11.0. The maximum atomic E-state index is 10.6. The molecule has 1 saturated heterocycles. The van der Waals surface area contributed by atoms with E-state index >= 15 is 0 Å². The van der Waals surface area contributed by atoms with Crippen molar-refractivity contribution in [2.75, 3.05) is 6.54 Å². The van der Waals surface area contributed by atoms with Gasteiger partial charge < -0.3 is 15.5 Å². The number of aromatic hydroxyl groups is 1. The van der Waals surface area contributed by atoms with E-state index in [1.54, 1.807) is 18.2 Å². The van der Waals surface area contributed by atoms with Gasteiger partial charge in [0.1, 0.15) is 5.75 Å². The van der Waals surface area contributed by atoms with Crippen LogP contribution in [0.3, 0.4) is 0 Å². The van der Waals surface area contributed by atoms with Gasteiger partial charge in [0, 0.05) is 11.6 Å². The van der Waals surface area contributed by atoms with Crippen molar-refractivity contribution in [2.24, 2.45) is 0 Å². The fraction of sp³-hybridized carbons (Fsp3) is 0.417. The first-order valence-corrected chi connectivity index (χ1v) is 5.44. The van der Waals surface area contributed by atoms with E-state index < -0.39 is 5.97 Å². The highest BCUT2D eigenvalue weighted by molar-refractivity contribution is 5.70. The number of hydrogen-bond donors (Lipinski definition) is 3. The Balaban J connectivity index is 2.24. The number of hydrogen-bond acceptors (Lipinski definition) is 3. The Morgan fingerprint density at radius 1 is 1.50 bits per heavy atom. The molecule has 1 heterocycles. The van der Waals surface area contributed by atoms with Gasteiger partial charge in [-0.2, -0.15) is 0 Å². The molecule has 0 aromatic heterocycles. The smallest absolute Gasteiger partial charge is 0.307 e. The third kappa shape index (κ3) is 2.33. The third-order valence-corrected chi connectivity index (χ3v) is 2.88. The van der Waals surface area contributed by atoms with Crippen LogP contribution in [0.4, 0.5) is 0 Å². The van der Waals surface area contributed by atoms with Gasteiger partial charge >= 0.3 is 5.97 Å². The summed E-state index contributed by atoms with van der Waals surface area (Å²) in [6, 6.07) is 5.18. The Bertz CT molecular complexity index is 397. The quantitative estimate of drug-likeness (QED) is 0.722. The van der Waals surface area contributed by atoms with E-state index in [-0.39, 0.29) is 18.2 Å². The lowest BCUT2D eigenvalue weighted by Gasteiger charge is -2.13. The van der Waals surface area contributed by atoms with E-state index in [0.29, 0.717) is 0 Å². The number of phenolic OH excluding ortho intramolecular Hbond substituents is 1. The summed E-state index contributed by atoms with van der Waals surface area (Å²) >= 11 is 0. The van der Waals surface area contributed by atoms with Crippen molar-refractivity contribution in [3.05, 3.63) is 29.3 Å². The number of carboxylic acids is 1. The van der Waals surface area contributed by atoms with Crippen LogP contribution in [0.1, 0.15) is 30.0 Å². The molecule has 0 saturated carbocycles. The van der Waals surface area contributed by atoms with Gasteiger partial charge in [0.05, 0.1) is 6.42 Å². The summed E-state index contributed by atoms with van der Waals surface area (Å²) in [5.74, 6) is -0.607. The predicted molar refractivity (Wildman–Crippen MR) is 59.4 cm³/mol. The van der Waals surface area contributed by atoms with E-state index in [9.17, 15) is 9.90 Å². The lowest BCUT2D eigenvalue weighted by atomic mass is 10.00. The van der Waals surface area contributed by atoms with E-state index in [2.05, 4.69) is 5.32 Å². The zero-order valence-electron chi connectivity index (χ0n) is 8.94. The van der Waals surface area contributed by atoms with Gasteiger partial charge in [-0.15, -0.1) is 0 Å². The Labute approximate surface area is 93.9 Å². The molecular formula is C12H15NO3. The molecule has 0 radical (unpaired) electrons. The molecule has 2 rings (SSSR count). The molecule has 0 amide bonds. The van der Waals surface area contributed by atoms with Crippen LogP contribution < -0.4 is 5.32 Å². The molecule has 1 atom stereocenters. The lowest BCUT2D eigenvalue weighted by molar-refractivity contribution is -0.136. The van der Waals surface area contributed by atoms with Crippen molar-refractivity contribution >= 4 is 5.97 Å². The van der Waals surface area contributed by atoms with Gasteiger partial charge in [-0.25, -0.2) is 0 Å². The Hall–Kier alpha value is -1.55. The topological polar surface area (TPSA) is 69.6 Å². The zero-order valence-corrected chi connectivity index (χ0v) is 8.94. The Morgan fingerprint density at radius 3 is 2.94 bits per heavy atom. The van der Waals surface area contributed by atoms with Crippen molar-refractivity contribution < 1.29 is 15.0 Å². The average Bonchev–Trinajstić information content (AvgIpc) is 2.73. The molecule has 86 valence electrons. The maximum Gasteiger partial charge on any atom is 0.307 e. The first-order valence-electron chi connectivity index (χ1n) is 5.44. The van der Waals surface area contributed by atoms with Crippen LogP contribution in [0, 0.1) is 0 Å². The number of carbonyl (C=O) groups is 1. The summed E-state index contributed by atoms with van der Waals surface area (Å²) < 4.78 is 0. The summed E-state index contributed by atoms with van der Waals surface area (Å²) in [4.78, 5) is 10.6. The number of carboxylic acid groups (broad SMARTS) is 1. The molecule has 1 aliphatic rings. The van der Waals surface area contributed by atoms with Gasteiger partial charge in [-0.05, 0) is 37.1 Å². The highest BCUT2D eigenvalue weighted by atomic mass is 16.4. The molecule has 0 spiro atoms. The van der Waals surface area contributed by atoms with Crippen molar-refractivity contribution in [2.45, 2.75) is 25.3 Å². The van der Waals surface area contributed by atoms with Crippen molar-refractivity contribution in [3.63, 3.8) is 0 Å². The summed E-state index contributed by atoms with van der Waals surface area (Å²) in [7, 11) is 0. The monoisotopic (exact) mass is 221 g/mol. The molecule has 0 aliphatic carbocycles. The lowest BCUT2D eigenvalue weighted by Crippen LogP contribution is -2.13. The van der Waals surface area contributed by atoms with Crippen molar-refractivity contribution in [1.82, 2.24) is 5.32 Å². The van der Waals surface area contributed by atoms with Gasteiger partial charge in [0.15, 0.2) is 0 Å². The second-order valence-corrected chi connectivity index (χ2v) is 4.11. The molecule has 1 aliphatic heterocycles. The molecule has 3 N–H and O–H groups in total. The van der Waals surface area contributed by atoms with Crippen LogP contribution in [0.25, 0.3) is 0 Å². The van der Waals surface area contributed by atoms with Gasteiger partial charge in [-0.1, -0.05) is 6.07 Å². The SMILES string of the molecule is O=C(O)Cc1ccc(O)c([C@@H]2CCCN2)c1. The molecule has 1 fully saturated rings. The second-order valence-electron chi connectivity index (χ2n) is 4.11. The second kappa shape index (κ2) is 4.53. The fourth-order valence-corrected chi connectivity index (χ4v) is 2.12. The van der Waals surface area contributed by atoms with Crippen LogP contribution in [-0.2, 0) is 11.2 Å². The zero-order chi connectivity index (χ0) is 11.5. The molecule has 1 aromatic carbocycles. The average molecular weight is 221 g/mol. The van der Waals surface area contributed by atoms with Crippen LogP contribution >= 0.6 is 0 Å². The normalized spacial score (nSPS) is 19.9. The summed E-state index contributed by atoms with van der Waals surface area (Å²) in [5, 5.41) is 21.7. The Kier molecular flexibility index (Phi) is 3.10. The standard InChI is InChI=1S/C12H15NO3/c14-11-4-3-8(7-12(15)16)6-9(11)10-2-1-5-13-10/h3-4,6,10,13-14H,1-2,5,7H2,(H,15,16)/t10-/m0/s1. The van der Waals surface area contributed by atoms with E-state index in [1.165, 1.54) is 0 Å². The third-order valence-electron chi connectivity index (χ3n) is 2.88. The predicted octanol–water partition coefficient (Wildman–Crippen LogP) is 1.44. The van der Waals surface area contributed by atoms with Crippen LogP contribution in [0.2, 0.25) is 0 Å². The minimum atomic E-state index is -0.851. The Morgan fingerprint density at radius 2 is 2.31 bits per heavy atom. The highest BCUT2D eigenvalue weighted by Crippen LogP contribution is 2.30. The number of phenols is 1. The van der Waals surface area contributed by atoms with E-state index in [4.69, 9.17) is 5.11 Å². The van der Waals surface area contributed by atoms with Crippen molar-refractivity contribution in [3.8, 4) is 5.75 Å². The fourth-order valence-electron chi connectivity index (χ4n) is 2.12. The summed E-state index contributed by atoms with van der Waals surface area (Å²) in [6.45, 7) is 0.952. The molecule has 16 heavy (non-hydrogen) atoms. The van der Waals surface area contributed by atoms with E-state index in [0.717, 1.165) is 30.5 Å². The number of benzene rings is 1. The summed E-state index contributed by atoms with van der Waals surface area (Å²) in [5.41, 5.74) is 1.55. The van der Waals surface area contributed by atoms with Gasteiger partial charge in [0.2, 0.25) is 0 Å². The highest BCUT2D eigenvalue weighted by Gasteiger charge is 2.19. The number of rotatable bonds is 3. The van der Waals surface area contributed by atoms with E-state index in [1.807, 2.05) is 0 Å².